The molecule has 0 radical (unpaired) electrons. The first-order chi connectivity index (χ1) is 9.26. The van der Waals surface area contributed by atoms with Gasteiger partial charge in [-0.05, 0) is 37.6 Å². The van der Waals surface area contributed by atoms with Crippen LogP contribution in [0.3, 0.4) is 0 Å². The minimum absolute atomic E-state index is 0.107. The molecule has 0 amide bonds. The number of hydrogen-bond donors (Lipinski definition) is 2. The van der Waals surface area contributed by atoms with Crippen molar-refractivity contribution in [2.75, 3.05) is 6.61 Å². The zero-order valence-electron chi connectivity index (χ0n) is 11.3. The van der Waals surface area contributed by atoms with Crippen LogP contribution in [0.4, 0.5) is 0 Å². The fourth-order valence-corrected chi connectivity index (χ4v) is 2.12. The molecule has 0 saturated heterocycles. The largest absolute Gasteiger partial charge is 0.494 e. The summed E-state index contributed by atoms with van der Waals surface area (Å²) in [5.74, 6) is 6.58. The van der Waals surface area contributed by atoms with Crippen molar-refractivity contribution in [1.29, 1.82) is 0 Å². The van der Waals surface area contributed by atoms with Gasteiger partial charge in [-0.2, -0.15) is 0 Å². The molecule has 0 saturated carbocycles. The highest BCUT2D eigenvalue weighted by atomic mass is 16.5. The lowest BCUT2D eigenvalue weighted by atomic mass is 9.99. The van der Waals surface area contributed by atoms with E-state index < -0.39 is 0 Å². The van der Waals surface area contributed by atoms with Crippen LogP contribution in [0.1, 0.15) is 29.8 Å². The molecular formula is C15H19N3O. The number of pyridine rings is 1. The molecule has 2 rings (SSSR count). The molecule has 1 atom stereocenters. The van der Waals surface area contributed by atoms with E-state index in [2.05, 4.69) is 10.4 Å². The number of nitrogens with one attached hydrogen (secondary N) is 1. The smallest absolute Gasteiger partial charge is 0.124 e. The average molecular weight is 257 g/mol. The number of rotatable bonds is 5. The molecule has 0 spiro atoms. The van der Waals surface area contributed by atoms with Gasteiger partial charge in [-0.25, -0.2) is 5.43 Å². The minimum atomic E-state index is -0.107. The molecule has 2 aromatic rings. The monoisotopic (exact) mass is 257 g/mol. The highest BCUT2D eigenvalue weighted by Gasteiger charge is 2.16. The first-order valence-electron chi connectivity index (χ1n) is 6.36. The second-order valence-corrected chi connectivity index (χ2v) is 4.30. The molecule has 0 aliphatic heterocycles. The van der Waals surface area contributed by atoms with Crippen LogP contribution in [0.15, 0.2) is 42.6 Å². The first kappa shape index (κ1) is 13.5. The molecule has 4 heteroatoms. The standard InChI is InChI=1S/C15H19N3O/c1-3-19-14-7-5-4-6-13(14)15(18-16)12-8-9-17-11(2)10-12/h4-10,15,18H,3,16H2,1-2H3. The summed E-state index contributed by atoms with van der Waals surface area (Å²) in [6, 6.07) is 11.8. The zero-order valence-corrected chi connectivity index (χ0v) is 11.3. The lowest BCUT2D eigenvalue weighted by molar-refractivity contribution is 0.333. The van der Waals surface area contributed by atoms with Gasteiger partial charge in [0.2, 0.25) is 0 Å². The Labute approximate surface area is 113 Å². The number of aromatic nitrogens is 1. The van der Waals surface area contributed by atoms with Crippen molar-refractivity contribution < 1.29 is 4.74 Å². The van der Waals surface area contributed by atoms with Crippen molar-refractivity contribution in [1.82, 2.24) is 10.4 Å². The van der Waals surface area contributed by atoms with E-state index in [-0.39, 0.29) is 6.04 Å². The van der Waals surface area contributed by atoms with Gasteiger partial charge in [0.1, 0.15) is 5.75 Å². The van der Waals surface area contributed by atoms with Crippen molar-refractivity contribution in [3.8, 4) is 5.75 Å². The summed E-state index contributed by atoms with van der Waals surface area (Å²) in [4.78, 5) is 4.21. The summed E-state index contributed by atoms with van der Waals surface area (Å²) >= 11 is 0. The molecule has 19 heavy (non-hydrogen) atoms. The lowest BCUT2D eigenvalue weighted by Crippen LogP contribution is -2.29. The van der Waals surface area contributed by atoms with Crippen molar-refractivity contribution >= 4 is 0 Å². The van der Waals surface area contributed by atoms with E-state index >= 15 is 0 Å². The molecule has 3 N–H and O–H groups in total. The van der Waals surface area contributed by atoms with E-state index in [0.29, 0.717) is 6.61 Å². The molecule has 0 aliphatic carbocycles. The maximum absolute atomic E-state index is 5.73. The van der Waals surface area contributed by atoms with E-state index in [4.69, 9.17) is 10.6 Å². The zero-order chi connectivity index (χ0) is 13.7. The second kappa shape index (κ2) is 6.31. The minimum Gasteiger partial charge on any atom is -0.494 e. The van der Waals surface area contributed by atoms with Gasteiger partial charge in [0.15, 0.2) is 0 Å². The van der Waals surface area contributed by atoms with Gasteiger partial charge in [-0.15, -0.1) is 0 Å². The normalized spacial score (nSPS) is 12.2. The Bertz CT molecular complexity index is 542. The SMILES string of the molecule is CCOc1ccccc1C(NN)c1ccnc(C)c1. The van der Waals surface area contributed by atoms with Crippen LogP contribution in [-0.2, 0) is 0 Å². The van der Waals surface area contributed by atoms with Crippen LogP contribution in [-0.4, -0.2) is 11.6 Å². The summed E-state index contributed by atoms with van der Waals surface area (Å²) in [5, 5.41) is 0. The maximum Gasteiger partial charge on any atom is 0.124 e. The van der Waals surface area contributed by atoms with Gasteiger partial charge in [-0.3, -0.25) is 10.8 Å². The fraction of sp³-hybridized carbons (Fsp3) is 0.267. The quantitative estimate of drug-likeness (QED) is 0.637. The molecule has 1 unspecified atom stereocenters. The maximum atomic E-state index is 5.73. The van der Waals surface area contributed by atoms with E-state index in [0.717, 1.165) is 22.6 Å². The molecular weight excluding hydrogens is 238 g/mol. The average Bonchev–Trinajstić information content (AvgIpc) is 2.42. The van der Waals surface area contributed by atoms with Crippen molar-refractivity contribution in [3.05, 3.63) is 59.4 Å². The van der Waals surface area contributed by atoms with Gasteiger partial charge in [0.05, 0.1) is 12.6 Å². The molecule has 1 aromatic carbocycles. The number of benzene rings is 1. The Morgan fingerprint density at radius 2 is 2.11 bits per heavy atom. The Hall–Kier alpha value is -1.91. The van der Waals surface area contributed by atoms with Crippen LogP contribution in [0, 0.1) is 6.92 Å². The molecule has 0 bridgehead atoms. The molecule has 100 valence electrons. The Balaban J connectivity index is 2.42. The highest BCUT2D eigenvalue weighted by Crippen LogP contribution is 2.29. The van der Waals surface area contributed by atoms with Crippen LogP contribution in [0.5, 0.6) is 5.75 Å². The number of nitrogens with zero attached hydrogens (tertiary/aromatic N) is 1. The summed E-state index contributed by atoms with van der Waals surface area (Å²) in [7, 11) is 0. The second-order valence-electron chi connectivity index (χ2n) is 4.30. The number of hydrogen-bond acceptors (Lipinski definition) is 4. The van der Waals surface area contributed by atoms with E-state index in [1.165, 1.54) is 0 Å². The van der Waals surface area contributed by atoms with Crippen molar-refractivity contribution in [3.63, 3.8) is 0 Å². The lowest BCUT2D eigenvalue weighted by Gasteiger charge is -2.20. The summed E-state index contributed by atoms with van der Waals surface area (Å²) in [5.41, 5.74) is 5.91. The van der Waals surface area contributed by atoms with E-state index in [1.807, 2.05) is 50.2 Å². The van der Waals surface area contributed by atoms with Gasteiger partial charge in [-0.1, -0.05) is 18.2 Å². The van der Waals surface area contributed by atoms with Gasteiger partial charge >= 0.3 is 0 Å². The third-order valence-electron chi connectivity index (χ3n) is 2.95. The third-order valence-corrected chi connectivity index (χ3v) is 2.95. The molecule has 0 aliphatic rings. The number of hydrazine groups is 1. The number of ether oxygens (including phenoxy) is 1. The summed E-state index contributed by atoms with van der Waals surface area (Å²) in [6.07, 6.45) is 1.79. The van der Waals surface area contributed by atoms with Gasteiger partial charge < -0.3 is 4.74 Å². The fourth-order valence-electron chi connectivity index (χ4n) is 2.12. The molecule has 1 aromatic heterocycles. The predicted molar refractivity (Wildman–Crippen MR) is 75.8 cm³/mol. The first-order valence-corrected chi connectivity index (χ1v) is 6.36. The van der Waals surface area contributed by atoms with Crippen LogP contribution in [0.2, 0.25) is 0 Å². The Morgan fingerprint density at radius 3 is 2.79 bits per heavy atom. The van der Waals surface area contributed by atoms with E-state index in [1.54, 1.807) is 6.20 Å². The third kappa shape index (κ3) is 3.10. The topological polar surface area (TPSA) is 60.2 Å². The molecule has 0 fully saturated rings. The molecule has 1 heterocycles. The van der Waals surface area contributed by atoms with Crippen LogP contribution < -0.4 is 16.0 Å². The number of nitrogens with two attached hydrogens (primary N) is 1. The molecule has 4 nitrogen and oxygen atoms in total. The van der Waals surface area contributed by atoms with E-state index in [9.17, 15) is 0 Å². The van der Waals surface area contributed by atoms with Crippen LogP contribution >= 0.6 is 0 Å². The van der Waals surface area contributed by atoms with Crippen molar-refractivity contribution in [2.45, 2.75) is 19.9 Å². The van der Waals surface area contributed by atoms with Gasteiger partial charge in [0, 0.05) is 17.5 Å². The Kier molecular flexibility index (Phi) is 4.49. The summed E-state index contributed by atoms with van der Waals surface area (Å²) in [6.45, 7) is 4.56. The van der Waals surface area contributed by atoms with Gasteiger partial charge in [0.25, 0.3) is 0 Å². The highest BCUT2D eigenvalue weighted by molar-refractivity contribution is 5.41. The van der Waals surface area contributed by atoms with Crippen molar-refractivity contribution in [2.24, 2.45) is 5.84 Å². The Morgan fingerprint density at radius 1 is 1.32 bits per heavy atom. The van der Waals surface area contributed by atoms with Crippen LogP contribution in [0.25, 0.3) is 0 Å². The predicted octanol–water partition coefficient (Wildman–Crippen LogP) is 2.34. The number of aryl methyl sites for hydroxylation is 1. The number of para-hydroxylation sites is 1. The summed E-state index contributed by atoms with van der Waals surface area (Å²) < 4.78 is 5.66.